The minimum Gasteiger partial charge on any atom is -0.488 e. The quantitative estimate of drug-likeness (QED) is 0.297. The first kappa shape index (κ1) is 21.8. The molecular weight excluding hydrogens is 365 g/mol. The molecule has 1 fully saturated rings. The van der Waals surface area contributed by atoms with Crippen LogP contribution in [0, 0.1) is 21.8 Å². The minimum absolute atomic E-state index is 0.0602. The number of nitrogens with zero attached hydrogens (tertiary/aromatic N) is 1. The van der Waals surface area contributed by atoms with E-state index in [1.165, 1.54) is 6.07 Å². The summed E-state index contributed by atoms with van der Waals surface area (Å²) in [7, 11) is -1.96. The van der Waals surface area contributed by atoms with Crippen LogP contribution in [0.25, 0.3) is 0 Å². The van der Waals surface area contributed by atoms with E-state index in [0.29, 0.717) is 17.9 Å². The normalized spacial score (nSPS) is 16.3. The summed E-state index contributed by atoms with van der Waals surface area (Å²) in [5, 5.41) is 11.1. The molecule has 0 amide bonds. The molecule has 0 N–H and O–H groups in total. The van der Waals surface area contributed by atoms with E-state index in [9.17, 15) is 14.5 Å². The molecule has 7 heteroatoms. The molecular formula is C20H32FNO4Si. The van der Waals surface area contributed by atoms with Gasteiger partial charge in [0.2, 0.25) is 0 Å². The number of rotatable bonds is 9. The van der Waals surface area contributed by atoms with Crippen molar-refractivity contribution >= 4 is 14.0 Å². The van der Waals surface area contributed by atoms with Crippen LogP contribution < -0.4 is 4.74 Å². The van der Waals surface area contributed by atoms with Gasteiger partial charge in [0.1, 0.15) is 6.61 Å². The molecule has 1 aromatic rings. The van der Waals surface area contributed by atoms with Crippen molar-refractivity contribution in [1.82, 2.24) is 0 Å². The van der Waals surface area contributed by atoms with Gasteiger partial charge < -0.3 is 9.16 Å². The van der Waals surface area contributed by atoms with Crippen molar-refractivity contribution in [3.63, 3.8) is 0 Å². The largest absolute Gasteiger partial charge is 0.488 e. The number of halogens is 1. The molecule has 1 aliphatic carbocycles. The number of nitro benzene ring substituents is 1. The zero-order valence-electron chi connectivity index (χ0n) is 17.3. The summed E-state index contributed by atoms with van der Waals surface area (Å²) < 4.78 is 26.9. The van der Waals surface area contributed by atoms with Crippen LogP contribution in [-0.2, 0) is 10.8 Å². The zero-order chi connectivity index (χ0) is 20.4. The van der Waals surface area contributed by atoms with E-state index in [-0.39, 0.29) is 29.2 Å². The van der Waals surface area contributed by atoms with Crippen molar-refractivity contribution in [2.75, 3.05) is 6.61 Å². The molecule has 5 nitrogen and oxygen atoms in total. The van der Waals surface area contributed by atoms with Crippen molar-refractivity contribution in [2.24, 2.45) is 5.92 Å². The van der Waals surface area contributed by atoms with Crippen LogP contribution in [0.4, 0.5) is 10.1 Å². The number of aryl methyl sites for hydroxylation is 1. The highest BCUT2D eigenvalue weighted by Gasteiger charge is 2.43. The number of hydrogen-bond donors (Lipinski definition) is 0. The van der Waals surface area contributed by atoms with Crippen LogP contribution in [0.1, 0.15) is 52.5 Å². The van der Waals surface area contributed by atoms with Gasteiger partial charge in [0.05, 0.1) is 17.1 Å². The number of non-ortho nitro benzene ring substituents is 1. The molecule has 0 heterocycles. The van der Waals surface area contributed by atoms with Gasteiger partial charge in [0.15, 0.2) is 19.9 Å². The standard InChI is InChI=1S/C20H32FNO4Si/c1-7-8-15-11-16(22(23)24)12-17(21)19(15)25-13-18(14-9-10-14)26-27(5,6)20(2,3)4/h11-12,14,18H,7-10,13H2,1-6H3/t18-/m1/s1. The molecule has 1 saturated carbocycles. The topological polar surface area (TPSA) is 61.6 Å². The van der Waals surface area contributed by atoms with E-state index in [0.717, 1.165) is 25.3 Å². The minimum atomic E-state index is -1.96. The molecule has 2 rings (SSSR count). The smallest absolute Gasteiger partial charge is 0.272 e. The highest BCUT2D eigenvalue weighted by molar-refractivity contribution is 6.74. The van der Waals surface area contributed by atoms with E-state index < -0.39 is 19.1 Å². The molecule has 0 aromatic heterocycles. The van der Waals surface area contributed by atoms with Crippen molar-refractivity contribution < 1.29 is 18.5 Å². The Morgan fingerprint density at radius 3 is 2.44 bits per heavy atom. The SMILES string of the molecule is CCCc1cc([N+](=O)[O-])cc(F)c1OC[C@@H](O[Si](C)(C)C(C)(C)C)C1CC1. The maximum Gasteiger partial charge on any atom is 0.272 e. The van der Waals surface area contributed by atoms with Crippen molar-refractivity contribution in [2.45, 2.75) is 77.6 Å². The van der Waals surface area contributed by atoms with Crippen LogP contribution in [0.5, 0.6) is 5.75 Å². The van der Waals surface area contributed by atoms with Gasteiger partial charge in [-0.15, -0.1) is 0 Å². The Bertz CT molecular complexity index is 683. The Morgan fingerprint density at radius 1 is 1.33 bits per heavy atom. The van der Waals surface area contributed by atoms with Crippen molar-refractivity contribution in [3.8, 4) is 5.75 Å². The lowest BCUT2D eigenvalue weighted by Gasteiger charge is -2.39. The number of nitro groups is 1. The zero-order valence-corrected chi connectivity index (χ0v) is 18.3. The Hall–Kier alpha value is -1.47. The fraction of sp³-hybridized carbons (Fsp3) is 0.700. The van der Waals surface area contributed by atoms with Crippen LogP contribution in [0.3, 0.4) is 0 Å². The molecule has 0 radical (unpaired) electrons. The number of hydrogen-bond acceptors (Lipinski definition) is 4. The lowest BCUT2D eigenvalue weighted by atomic mass is 10.1. The number of benzene rings is 1. The van der Waals surface area contributed by atoms with E-state index in [2.05, 4.69) is 33.9 Å². The molecule has 1 atom stereocenters. The fourth-order valence-corrected chi connectivity index (χ4v) is 4.18. The average Bonchev–Trinajstić information content (AvgIpc) is 3.36. The van der Waals surface area contributed by atoms with E-state index in [1.807, 2.05) is 6.92 Å². The summed E-state index contributed by atoms with van der Waals surface area (Å²) in [6.45, 7) is 13.2. The molecule has 1 aromatic carbocycles. The van der Waals surface area contributed by atoms with Crippen LogP contribution in [0.2, 0.25) is 18.1 Å². The summed E-state index contributed by atoms with van der Waals surface area (Å²) >= 11 is 0. The Morgan fingerprint density at radius 2 is 1.96 bits per heavy atom. The molecule has 27 heavy (non-hydrogen) atoms. The third-order valence-corrected chi connectivity index (χ3v) is 10.1. The van der Waals surface area contributed by atoms with Gasteiger partial charge >= 0.3 is 0 Å². The number of ether oxygens (including phenoxy) is 1. The Kier molecular flexibility index (Phi) is 6.68. The first-order valence-electron chi connectivity index (χ1n) is 9.73. The molecule has 0 spiro atoms. The summed E-state index contributed by atoms with van der Waals surface area (Å²) in [5.74, 6) is -0.0867. The summed E-state index contributed by atoms with van der Waals surface area (Å²) in [4.78, 5) is 10.4. The predicted octanol–water partition coefficient (Wildman–Crippen LogP) is 5.87. The van der Waals surface area contributed by atoms with Gasteiger partial charge in [0.25, 0.3) is 5.69 Å². The van der Waals surface area contributed by atoms with Gasteiger partial charge in [-0.25, -0.2) is 4.39 Å². The van der Waals surface area contributed by atoms with Gasteiger partial charge in [-0.2, -0.15) is 0 Å². The maximum atomic E-state index is 14.5. The second-order valence-electron chi connectivity index (χ2n) is 8.99. The molecule has 0 saturated heterocycles. The van der Waals surface area contributed by atoms with Gasteiger partial charge in [0, 0.05) is 11.6 Å². The summed E-state index contributed by atoms with van der Waals surface area (Å²) in [6.07, 6.45) is 3.43. The van der Waals surface area contributed by atoms with Crippen molar-refractivity contribution in [3.05, 3.63) is 33.6 Å². The predicted molar refractivity (Wildman–Crippen MR) is 107 cm³/mol. The second-order valence-corrected chi connectivity index (χ2v) is 13.7. The summed E-state index contributed by atoms with van der Waals surface area (Å²) in [5.41, 5.74) is 0.311. The Balaban J connectivity index is 2.19. The molecule has 0 aliphatic heterocycles. The highest BCUT2D eigenvalue weighted by Crippen LogP contribution is 2.42. The first-order chi connectivity index (χ1) is 12.5. The molecule has 152 valence electrons. The van der Waals surface area contributed by atoms with Crippen LogP contribution >= 0.6 is 0 Å². The summed E-state index contributed by atoms with van der Waals surface area (Å²) in [6, 6.07) is 2.36. The lowest BCUT2D eigenvalue weighted by molar-refractivity contribution is -0.385. The maximum absolute atomic E-state index is 14.5. The van der Waals surface area contributed by atoms with Crippen molar-refractivity contribution in [1.29, 1.82) is 0 Å². The fourth-order valence-electron chi connectivity index (χ4n) is 2.81. The van der Waals surface area contributed by atoms with Crippen LogP contribution in [-0.4, -0.2) is 26.0 Å². The van der Waals surface area contributed by atoms with Gasteiger partial charge in [-0.3, -0.25) is 10.1 Å². The molecule has 0 unspecified atom stereocenters. The van der Waals surface area contributed by atoms with E-state index >= 15 is 0 Å². The Labute approximate surface area is 162 Å². The van der Waals surface area contributed by atoms with Gasteiger partial charge in [-0.1, -0.05) is 34.1 Å². The van der Waals surface area contributed by atoms with E-state index in [1.54, 1.807) is 0 Å². The van der Waals surface area contributed by atoms with E-state index in [4.69, 9.17) is 9.16 Å². The van der Waals surface area contributed by atoms with Crippen LogP contribution in [0.15, 0.2) is 12.1 Å². The first-order valence-corrected chi connectivity index (χ1v) is 12.6. The highest BCUT2D eigenvalue weighted by atomic mass is 28.4. The van der Waals surface area contributed by atoms with Gasteiger partial charge in [-0.05, 0) is 43.3 Å². The molecule has 1 aliphatic rings. The lowest BCUT2D eigenvalue weighted by Crippen LogP contribution is -2.46. The average molecular weight is 398 g/mol. The monoisotopic (exact) mass is 397 g/mol. The third-order valence-electron chi connectivity index (χ3n) is 5.63. The second kappa shape index (κ2) is 8.27. The molecule has 0 bridgehead atoms. The third kappa shape index (κ3) is 5.51.